The van der Waals surface area contributed by atoms with E-state index in [1.165, 1.54) is 6.92 Å². The van der Waals surface area contributed by atoms with Crippen LogP contribution in [0.25, 0.3) is 0 Å². The number of hydrogen-bond donors (Lipinski definition) is 6. The molecular weight excluding hydrogens is 402 g/mol. The molecule has 0 bridgehead atoms. The fourth-order valence-corrected chi connectivity index (χ4v) is 2.95. The van der Waals surface area contributed by atoms with E-state index in [2.05, 4.69) is 16.0 Å². The standard InChI is InChI=1S/C21H41N5O5/c1-6-12(3)16(25-18(27)14(5)23)20(29)24-15(10-8-9-11-22)19(28)26-17(21(30)31)13(4)7-2/h12-17H,6-11,22-23H2,1-5H3,(H,24,29)(H,25,27)(H,26,28)(H,30,31). The number of rotatable bonds is 15. The van der Waals surface area contributed by atoms with Crippen LogP contribution in [0.3, 0.4) is 0 Å². The molecule has 0 saturated carbocycles. The predicted octanol–water partition coefficient (Wildman–Crippen LogP) is 0.0938. The summed E-state index contributed by atoms with van der Waals surface area (Å²) >= 11 is 0. The Kier molecular flexibility index (Phi) is 13.7. The lowest BCUT2D eigenvalue weighted by Crippen LogP contribution is -2.58. The molecule has 0 aliphatic heterocycles. The zero-order valence-corrected chi connectivity index (χ0v) is 19.4. The Morgan fingerprint density at radius 2 is 1.32 bits per heavy atom. The Morgan fingerprint density at radius 3 is 1.77 bits per heavy atom. The Morgan fingerprint density at radius 1 is 0.806 bits per heavy atom. The molecule has 3 amide bonds. The molecule has 0 aromatic rings. The van der Waals surface area contributed by atoms with Gasteiger partial charge in [0.1, 0.15) is 18.1 Å². The van der Waals surface area contributed by atoms with Crippen molar-refractivity contribution in [2.45, 2.75) is 90.9 Å². The van der Waals surface area contributed by atoms with Crippen LogP contribution in [0.15, 0.2) is 0 Å². The minimum Gasteiger partial charge on any atom is -0.480 e. The van der Waals surface area contributed by atoms with E-state index in [0.29, 0.717) is 38.6 Å². The minimum absolute atomic E-state index is 0.192. The Bertz CT molecular complexity index is 599. The molecule has 0 aliphatic rings. The first-order chi connectivity index (χ1) is 14.5. The maximum absolute atomic E-state index is 13.0. The quantitative estimate of drug-likeness (QED) is 0.194. The van der Waals surface area contributed by atoms with Gasteiger partial charge >= 0.3 is 5.97 Å². The topological polar surface area (TPSA) is 177 Å². The average Bonchev–Trinajstić information content (AvgIpc) is 2.73. The van der Waals surface area contributed by atoms with Gasteiger partial charge in [-0.05, 0) is 44.6 Å². The second-order valence-electron chi connectivity index (χ2n) is 8.22. The summed E-state index contributed by atoms with van der Waals surface area (Å²) in [4.78, 5) is 49.5. The number of nitrogens with one attached hydrogen (secondary N) is 3. The maximum Gasteiger partial charge on any atom is 0.326 e. The second-order valence-corrected chi connectivity index (χ2v) is 8.22. The predicted molar refractivity (Wildman–Crippen MR) is 119 cm³/mol. The van der Waals surface area contributed by atoms with E-state index < -0.39 is 47.9 Å². The van der Waals surface area contributed by atoms with Gasteiger partial charge in [0.05, 0.1) is 6.04 Å². The van der Waals surface area contributed by atoms with Gasteiger partial charge in [-0.25, -0.2) is 4.79 Å². The lowest BCUT2D eigenvalue weighted by molar-refractivity contribution is -0.144. The summed E-state index contributed by atoms with van der Waals surface area (Å²) in [7, 11) is 0. The molecule has 0 saturated heterocycles. The van der Waals surface area contributed by atoms with E-state index in [-0.39, 0.29) is 11.8 Å². The summed E-state index contributed by atoms with van der Waals surface area (Å²) in [5.41, 5.74) is 11.1. The second kappa shape index (κ2) is 14.7. The zero-order chi connectivity index (χ0) is 24.1. The molecular formula is C21H41N5O5. The number of unbranched alkanes of at least 4 members (excludes halogenated alkanes) is 1. The third-order valence-electron chi connectivity index (χ3n) is 5.56. The van der Waals surface area contributed by atoms with Crippen molar-refractivity contribution in [1.29, 1.82) is 0 Å². The van der Waals surface area contributed by atoms with E-state index in [0.717, 1.165) is 0 Å². The molecule has 6 unspecified atom stereocenters. The van der Waals surface area contributed by atoms with Crippen LogP contribution in [0.2, 0.25) is 0 Å². The molecule has 180 valence electrons. The average molecular weight is 444 g/mol. The summed E-state index contributed by atoms with van der Waals surface area (Å²) in [6.07, 6.45) is 2.73. The van der Waals surface area contributed by atoms with E-state index in [4.69, 9.17) is 11.5 Å². The molecule has 0 aromatic carbocycles. The number of carbonyl (C=O) groups excluding carboxylic acids is 3. The van der Waals surface area contributed by atoms with E-state index in [9.17, 15) is 24.3 Å². The summed E-state index contributed by atoms with van der Waals surface area (Å²) in [6.45, 7) is 9.24. The van der Waals surface area contributed by atoms with Crippen molar-refractivity contribution in [2.24, 2.45) is 23.3 Å². The van der Waals surface area contributed by atoms with Crippen molar-refractivity contribution < 1.29 is 24.3 Å². The highest BCUT2D eigenvalue weighted by Crippen LogP contribution is 2.12. The van der Waals surface area contributed by atoms with Crippen LogP contribution in [-0.2, 0) is 19.2 Å². The molecule has 8 N–H and O–H groups in total. The monoisotopic (exact) mass is 443 g/mol. The largest absolute Gasteiger partial charge is 0.480 e. The first-order valence-corrected chi connectivity index (χ1v) is 11.1. The highest BCUT2D eigenvalue weighted by molar-refractivity contribution is 5.94. The third kappa shape index (κ3) is 10.1. The van der Waals surface area contributed by atoms with Gasteiger partial charge in [0.25, 0.3) is 0 Å². The first kappa shape index (κ1) is 28.8. The number of hydrogen-bond acceptors (Lipinski definition) is 6. The summed E-state index contributed by atoms with van der Waals surface area (Å²) in [5, 5.41) is 17.4. The molecule has 6 atom stereocenters. The van der Waals surface area contributed by atoms with Gasteiger partial charge in [0.15, 0.2) is 0 Å². The third-order valence-corrected chi connectivity index (χ3v) is 5.56. The highest BCUT2D eigenvalue weighted by Gasteiger charge is 2.32. The van der Waals surface area contributed by atoms with Crippen LogP contribution in [0, 0.1) is 11.8 Å². The molecule has 10 nitrogen and oxygen atoms in total. The normalized spacial score (nSPS) is 16.9. The van der Waals surface area contributed by atoms with E-state index in [1.807, 2.05) is 20.8 Å². The minimum atomic E-state index is -1.13. The van der Waals surface area contributed by atoms with E-state index in [1.54, 1.807) is 6.92 Å². The van der Waals surface area contributed by atoms with Crippen molar-refractivity contribution in [1.82, 2.24) is 16.0 Å². The van der Waals surface area contributed by atoms with Crippen molar-refractivity contribution in [3.05, 3.63) is 0 Å². The number of amides is 3. The summed E-state index contributed by atoms with van der Waals surface area (Å²) in [5.74, 6) is -3.14. The van der Waals surface area contributed by atoms with Crippen molar-refractivity contribution in [3.8, 4) is 0 Å². The van der Waals surface area contributed by atoms with Crippen LogP contribution in [0.5, 0.6) is 0 Å². The Hall–Kier alpha value is -2.20. The van der Waals surface area contributed by atoms with Gasteiger partial charge in [-0.2, -0.15) is 0 Å². The van der Waals surface area contributed by atoms with Crippen LogP contribution < -0.4 is 27.4 Å². The number of aliphatic carboxylic acids is 1. The fraction of sp³-hybridized carbons (Fsp3) is 0.810. The summed E-state index contributed by atoms with van der Waals surface area (Å²) in [6, 6.07) is -3.65. The number of carbonyl (C=O) groups is 4. The SMILES string of the molecule is CCC(C)C(NC(=O)C(CCCCN)NC(=O)C(NC(=O)C(C)N)C(C)CC)C(=O)O. The van der Waals surface area contributed by atoms with Crippen molar-refractivity contribution in [2.75, 3.05) is 6.54 Å². The molecule has 31 heavy (non-hydrogen) atoms. The number of nitrogens with two attached hydrogens (primary N) is 2. The summed E-state index contributed by atoms with van der Waals surface area (Å²) < 4.78 is 0. The molecule has 0 radical (unpaired) electrons. The highest BCUT2D eigenvalue weighted by atomic mass is 16.4. The van der Waals surface area contributed by atoms with Gasteiger partial charge in [0, 0.05) is 0 Å². The van der Waals surface area contributed by atoms with Gasteiger partial charge in [-0.1, -0.05) is 40.5 Å². The molecule has 0 heterocycles. The van der Waals surface area contributed by atoms with Crippen LogP contribution in [0.1, 0.15) is 66.7 Å². The van der Waals surface area contributed by atoms with Gasteiger partial charge < -0.3 is 32.5 Å². The van der Waals surface area contributed by atoms with Gasteiger partial charge in [0.2, 0.25) is 17.7 Å². The first-order valence-electron chi connectivity index (χ1n) is 11.1. The fourth-order valence-electron chi connectivity index (χ4n) is 2.95. The molecule has 10 heteroatoms. The molecule has 0 aromatic heterocycles. The number of carboxylic acid groups (broad SMARTS) is 1. The van der Waals surface area contributed by atoms with Crippen molar-refractivity contribution >= 4 is 23.7 Å². The molecule has 0 spiro atoms. The maximum atomic E-state index is 13.0. The Balaban J connectivity index is 5.53. The number of carboxylic acids is 1. The lowest BCUT2D eigenvalue weighted by Gasteiger charge is -2.28. The van der Waals surface area contributed by atoms with Crippen LogP contribution in [0.4, 0.5) is 0 Å². The lowest BCUT2D eigenvalue weighted by atomic mass is 9.96. The molecule has 0 rings (SSSR count). The Labute approximate surface area is 185 Å². The molecule has 0 fully saturated rings. The van der Waals surface area contributed by atoms with Gasteiger partial charge in [-0.3, -0.25) is 14.4 Å². The van der Waals surface area contributed by atoms with Gasteiger partial charge in [-0.15, -0.1) is 0 Å². The van der Waals surface area contributed by atoms with E-state index >= 15 is 0 Å². The van der Waals surface area contributed by atoms with Crippen molar-refractivity contribution in [3.63, 3.8) is 0 Å². The van der Waals surface area contributed by atoms with Crippen LogP contribution in [-0.4, -0.2) is 59.5 Å². The van der Waals surface area contributed by atoms with Crippen LogP contribution >= 0.6 is 0 Å². The molecule has 0 aliphatic carbocycles. The zero-order valence-electron chi connectivity index (χ0n) is 19.4. The smallest absolute Gasteiger partial charge is 0.326 e.